The van der Waals surface area contributed by atoms with Gasteiger partial charge in [-0.1, -0.05) is 0 Å². The molecule has 0 aliphatic carbocycles. The van der Waals surface area contributed by atoms with Crippen LogP contribution in [0.2, 0.25) is 0 Å². The molecule has 82 valence electrons. The van der Waals surface area contributed by atoms with Crippen molar-refractivity contribution in [2.45, 2.75) is 13.0 Å². The third-order valence-electron chi connectivity index (χ3n) is 2.18. The van der Waals surface area contributed by atoms with Crippen LogP contribution in [0.3, 0.4) is 0 Å². The maximum absolute atomic E-state index is 11.6. The Kier molecular flexibility index (Phi) is 4.50. The van der Waals surface area contributed by atoms with E-state index in [1.165, 1.54) is 0 Å². The van der Waals surface area contributed by atoms with E-state index in [4.69, 9.17) is 0 Å². The summed E-state index contributed by atoms with van der Waals surface area (Å²) in [4.78, 5) is 11.6. The summed E-state index contributed by atoms with van der Waals surface area (Å²) >= 11 is 0. The van der Waals surface area contributed by atoms with Crippen LogP contribution in [0.15, 0.2) is 0 Å². The lowest BCUT2D eigenvalue weighted by molar-refractivity contribution is -0.125. The predicted octanol–water partition coefficient (Wildman–Crippen LogP) is -1.31. The van der Waals surface area contributed by atoms with Crippen molar-refractivity contribution in [1.82, 2.24) is 14.9 Å². The van der Waals surface area contributed by atoms with Gasteiger partial charge in [0.25, 0.3) is 0 Å². The van der Waals surface area contributed by atoms with Crippen LogP contribution in [0.1, 0.15) is 6.92 Å². The summed E-state index contributed by atoms with van der Waals surface area (Å²) in [5, 5.41) is 5.87. The fourth-order valence-electron chi connectivity index (χ4n) is 1.51. The summed E-state index contributed by atoms with van der Waals surface area (Å²) in [6.45, 7) is 4.51. The van der Waals surface area contributed by atoms with E-state index in [-0.39, 0.29) is 11.9 Å². The van der Waals surface area contributed by atoms with Crippen LogP contribution in [0.4, 0.5) is 0 Å². The molecule has 1 saturated heterocycles. The molecule has 1 fully saturated rings. The van der Waals surface area contributed by atoms with Crippen LogP contribution < -0.4 is 10.6 Å². The molecule has 1 amide bonds. The fourth-order valence-corrected chi connectivity index (χ4v) is 2.39. The van der Waals surface area contributed by atoms with Gasteiger partial charge in [-0.25, -0.2) is 8.51 Å². The second-order valence-electron chi connectivity index (χ2n) is 3.18. The van der Waals surface area contributed by atoms with Gasteiger partial charge >= 0.3 is 0 Å². The molecule has 6 heteroatoms. The Morgan fingerprint density at radius 2 is 2.43 bits per heavy atom. The van der Waals surface area contributed by atoms with E-state index in [2.05, 4.69) is 10.6 Å². The van der Waals surface area contributed by atoms with Crippen LogP contribution in [0, 0.1) is 0 Å². The van der Waals surface area contributed by atoms with Gasteiger partial charge in [0.2, 0.25) is 5.91 Å². The minimum Gasteiger partial charge on any atom is -0.355 e. The van der Waals surface area contributed by atoms with Gasteiger partial charge in [-0.3, -0.25) is 4.79 Å². The van der Waals surface area contributed by atoms with E-state index in [0.717, 1.165) is 6.54 Å². The van der Waals surface area contributed by atoms with Gasteiger partial charge in [-0.2, -0.15) is 0 Å². The number of hydrogen-bond donors (Lipinski definition) is 2. The normalized spacial score (nSPS) is 25.7. The van der Waals surface area contributed by atoms with Gasteiger partial charge < -0.3 is 10.6 Å². The maximum atomic E-state index is 11.6. The smallest absolute Gasteiger partial charge is 0.239 e. The van der Waals surface area contributed by atoms with Gasteiger partial charge in [0.15, 0.2) is 0 Å². The number of rotatable bonds is 3. The molecule has 0 aromatic heterocycles. The molecule has 1 aliphatic rings. The average Bonchev–Trinajstić information content (AvgIpc) is 2.18. The Labute approximate surface area is 86.8 Å². The highest BCUT2D eigenvalue weighted by molar-refractivity contribution is 7.81. The lowest BCUT2D eigenvalue weighted by Crippen LogP contribution is -2.57. The van der Waals surface area contributed by atoms with Crippen molar-refractivity contribution >= 4 is 16.9 Å². The molecule has 2 atom stereocenters. The molecule has 1 aliphatic heterocycles. The maximum Gasteiger partial charge on any atom is 0.239 e. The molecule has 0 aromatic carbocycles. The van der Waals surface area contributed by atoms with Gasteiger partial charge in [0, 0.05) is 32.4 Å². The molecule has 1 heterocycles. The zero-order chi connectivity index (χ0) is 10.6. The molecule has 0 spiro atoms. The summed E-state index contributed by atoms with van der Waals surface area (Å²) in [7, 11) is -1.07. The Bertz CT molecular complexity index is 235. The van der Waals surface area contributed by atoms with E-state index < -0.39 is 11.0 Å². The molecule has 2 N–H and O–H groups in total. The minimum absolute atomic E-state index is 0.0464. The fraction of sp³-hybridized carbons (Fsp3) is 0.875. The highest BCUT2D eigenvalue weighted by Crippen LogP contribution is 2.05. The monoisotopic (exact) mass is 219 g/mol. The first-order valence-electron chi connectivity index (χ1n) is 4.75. The average molecular weight is 219 g/mol. The lowest BCUT2D eigenvalue weighted by Gasteiger charge is -2.32. The predicted molar refractivity (Wildman–Crippen MR) is 56.1 cm³/mol. The number of carbonyl (C=O) groups excluding carboxylic acids is 1. The number of piperazine rings is 1. The van der Waals surface area contributed by atoms with Crippen LogP contribution >= 0.6 is 0 Å². The van der Waals surface area contributed by atoms with Crippen molar-refractivity contribution in [2.24, 2.45) is 0 Å². The van der Waals surface area contributed by atoms with E-state index in [1.807, 2.05) is 6.92 Å². The van der Waals surface area contributed by atoms with Gasteiger partial charge in [0.1, 0.15) is 6.04 Å². The third-order valence-corrected chi connectivity index (χ3v) is 3.28. The SMILES string of the molecule is CCNC(=O)C1CNCCN1S(C)=O. The van der Waals surface area contributed by atoms with Gasteiger partial charge in [-0.05, 0) is 6.92 Å². The number of amides is 1. The Morgan fingerprint density at radius 3 is 3.00 bits per heavy atom. The van der Waals surface area contributed by atoms with Crippen LogP contribution in [0.5, 0.6) is 0 Å². The molecular weight excluding hydrogens is 202 g/mol. The number of nitrogens with zero attached hydrogens (tertiary/aromatic N) is 1. The van der Waals surface area contributed by atoms with Gasteiger partial charge in [0.05, 0.1) is 11.0 Å². The first-order valence-corrected chi connectivity index (χ1v) is 6.27. The lowest BCUT2D eigenvalue weighted by atomic mass is 10.2. The molecule has 1 rings (SSSR count). The van der Waals surface area contributed by atoms with Gasteiger partial charge in [-0.15, -0.1) is 0 Å². The second kappa shape index (κ2) is 5.43. The van der Waals surface area contributed by atoms with Crippen LogP contribution in [-0.4, -0.2) is 52.9 Å². The molecule has 2 unspecified atom stereocenters. The molecule has 0 radical (unpaired) electrons. The molecular formula is C8H17N3O2S. The van der Waals surface area contributed by atoms with Crippen molar-refractivity contribution in [3.63, 3.8) is 0 Å². The van der Waals surface area contributed by atoms with Crippen molar-refractivity contribution in [1.29, 1.82) is 0 Å². The first-order chi connectivity index (χ1) is 6.66. The molecule has 0 bridgehead atoms. The highest BCUT2D eigenvalue weighted by Gasteiger charge is 2.30. The number of carbonyl (C=O) groups is 1. The Morgan fingerprint density at radius 1 is 1.71 bits per heavy atom. The highest BCUT2D eigenvalue weighted by atomic mass is 32.2. The van der Waals surface area contributed by atoms with Crippen LogP contribution in [-0.2, 0) is 15.8 Å². The number of likely N-dealkylation sites (N-methyl/N-ethyl adjacent to an activating group) is 1. The Hall–Kier alpha value is -0.460. The summed E-state index contributed by atoms with van der Waals surface area (Å²) < 4.78 is 13.1. The number of nitrogens with one attached hydrogen (secondary N) is 2. The molecule has 0 saturated carbocycles. The van der Waals surface area contributed by atoms with E-state index in [0.29, 0.717) is 19.6 Å². The topological polar surface area (TPSA) is 61.4 Å². The Balaban J connectivity index is 2.62. The summed E-state index contributed by atoms with van der Waals surface area (Å²) in [5.74, 6) is -0.0464. The van der Waals surface area contributed by atoms with E-state index in [1.54, 1.807) is 10.6 Å². The summed E-state index contributed by atoms with van der Waals surface area (Å²) in [6.07, 6.45) is 1.61. The largest absolute Gasteiger partial charge is 0.355 e. The first kappa shape index (κ1) is 11.6. The minimum atomic E-state index is -1.07. The second-order valence-corrected chi connectivity index (χ2v) is 4.50. The van der Waals surface area contributed by atoms with Crippen LogP contribution in [0.25, 0.3) is 0 Å². The van der Waals surface area contributed by atoms with Crippen molar-refractivity contribution in [3.8, 4) is 0 Å². The summed E-state index contributed by atoms with van der Waals surface area (Å²) in [6, 6.07) is -0.297. The molecule has 5 nitrogen and oxygen atoms in total. The quantitative estimate of drug-likeness (QED) is 0.619. The van der Waals surface area contributed by atoms with Crippen molar-refractivity contribution in [3.05, 3.63) is 0 Å². The zero-order valence-electron chi connectivity index (χ0n) is 8.58. The van der Waals surface area contributed by atoms with Crippen molar-refractivity contribution < 1.29 is 9.00 Å². The third kappa shape index (κ3) is 2.76. The number of hydrogen-bond acceptors (Lipinski definition) is 3. The molecule has 14 heavy (non-hydrogen) atoms. The zero-order valence-corrected chi connectivity index (χ0v) is 9.39. The standard InChI is InChI=1S/C8H17N3O2S/c1-3-10-8(12)7-6-9-4-5-11(7)14(2)13/h7,9H,3-6H2,1-2H3,(H,10,12). The molecule has 0 aromatic rings. The van der Waals surface area contributed by atoms with E-state index in [9.17, 15) is 9.00 Å². The van der Waals surface area contributed by atoms with E-state index >= 15 is 0 Å². The summed E-state index contributed by atoms with van der Waals surface area (Å²) in [5.41, 5.74) is 0. The van der Waals surface area contributed by atoms with Crippen molar-refractivity contribution in [2.75, 3.05) is 32.4 Å².